The summed E-state index contributed by atoms with van der Waals surface area (Å²) in [5.41, 5.74) is 10.3. The highest BCUT2D eigenvalue weighted by Crippen LogP contribution is 2.20. The second kappa shape index (κ2) is 5.32. The van der Waals surface area contributed by atoms with Crippen LogP contribution in [0.15, 0.2) is 18.2 Å². The molecule has 0 bridgehead atoms. The minimum atomic E-state index is 0.286. The quantitative estimate of drug-likeness (QED) is 0.802. The summed E-state index contributed by atoms with van der Waals surface area (Å²) >= 11 is 0. The van der Waals surface area contributed by atoms with E-state index in [4.69, 9.17) is 5.73 Å². The second-order valence-corrected chi connectivity index (χ2v) is 4.60. The lowest BCUT2D eigenvalue weighted by molar-refractivity contribution is 0.426. The molecule has 0 aliphatic rings. The highest BCUT2D eigenvalue weighted by Gasteiger charge is 2.14. The number of aryl methyl sites for hydroxylation is 2. The molecule has 0 aliphatic carbocycles. The monoisotopic (exact) mass is 205 g/mol. The van der Waals surface area contributed by atoms with Crippen LogP contribution in [0.25, 0.3) is 0 Å². The molecule has 0 fully saturated rings. The molecule has 84 valence electrons. The third kappa shape index (κ3) is 3.07. The molecule has 1 aromatic rings. The topological polar surface area (TPSA) is 26.0 Å². The van der Waals surface area contributed by atoms with Crippen molar-refractivity contribution >= 4 is 0 Å². The average Bonchev–Trinajstić information content (AvgIpc) is 2.17. The first-order chi connectivity index (χ1) is 7.06. The molecule has 2 atom stereocenters. The van der Waals surface area contributed by atoms with Crippen molar-refractivity contribution < 1.29 is 0 Å². The molecule has 0 heterocycles. The van der Waals surface area contributed by atoms with Gasteiger partial charge in [0.1, 0.15) is 0 Å². The summed E-state index contributed by atoms with van der Waals surface area (Å²) < 4.78 is 0. The summed E-state index contributed by atoms with van der Waals surface area (Å²) in [5, 5.41) is 0. The van der Waals surface area contributed by atoms with E-state index >= 15 is 0 Å². The molecule has 0 aliphatic heterocycles. The smallest absolute Gasteiger partial charge is 0.00418 e. The van der Waals surface area contributed by atoms with E-state index in [1.54, 1.807) is 0 Å². The van der Waals surface area contributed by atoms with Gasteiger partial charge in [-0.3, -0.25) is 0 Å². The normalized spacial score (nSPS) is 15.0. The van der Waals surface area contributed by atoms with Gasteiger partial charge in [0.15, 0.2) is 0 Å². The average molecular weight is 205 g/mol. The van der Waals surface area contributed by atoms with Gasteiger partial charge in [-0.15, -0.1) is 0 Å². The van der Waals surface area contributed by atoms with Gasteiger partial charge in [-0.25, -0.2) is 0 Å². The molecule has 1 nitrogen and oxygen atoms in total. The third-order valence-corrected chi connectivity index (χ3v) is 3.38. The number of rotatable bonds is 4. The largest absolute Gasteiger partial charge is 0.328 e. The molecule has 2 N–H and O–H groups in total. The van der Waals surface area contributed by atoms with Gasteiger partial charge in [0.2, 0.25) is 0 Å². The van der Waals surface area contributed by atoms with Crippen LogP contribution in [0, 0.1) is 19.8 Å². The number of benzene rings is 1. The fraction of sp³-hybridized carbons (Fsp3) is 0.571. The second-order valence-electron chi connectivity index (χ2n) is 4.60. The highest BCUT2D eigenvalue weighted by molar-refractivity contribution is 5.33. The molecule has 0 saturated heterocycles. The Morgan fingerprint density at radius 2 is 1.73 bits per heavy atom. The lowest BCUT2D eigenvalue weighted by Gasteiger charge is -2.21. The van der Waals surface area contributed by atoms with Gasteiger partial charge >= 0.3 is 0 Å². The first kappa shape index (κ1) is 12.3. The van der Waals surface area contributed by atoms with Crippen LogP contribution in [0.3, 0.4) is 0 Å². The zero-order chi connectivity index (χ0) is 11.4. The van der Waals surface area contributed by atoms with Crippen molar-refractivity contribution in [3.8, 4) is 0 Å². The van der Waals surface area contributed by atoms with Gasteiger partial charge in [0.25, 0.3) is 0 Å². The van der Waals surface area contributed by atoms with Gasteiger partial charge in [-0.05, 0) is 49.8 Å². The van der Waals surface area contributed by atoms with E-state index in [1.807, 2.05) is 0 Å². The minimum Gasteiger partial charge on any atom is -0.328 e. The Labute approximate surface area is 93.7 Å². The molecule has 15 heavy (non-hydrogen) atoms. The zero-order valence-corrected chi connectivity index (χ0v) is 10.4. The maximum absolute atomic E-state index is 6.00. The molecule has 2 unspecified atom stereocenters. The van der Waals surface area contributed by atoms with Crippen molar-refractivity contribution in [2.75, 3.05) is 0 Å². The summed E-state index contributed by atoms with van der Waals surface area (Å²) in [5.74, 6) is 0.602. The van der Waals surface area contributed by atoms with Gasteiger partial charge < -0.3 is 5.73 Å². The Morgan fingerprint density at radius 3 is 2.13 bits per heavy atom. The van der Waals surface area contributed by atoms with Gasteiger partial charge in [-0.1, -0.05) is 31.5 Å². The Balaban J connectivity index is 2.87. The predicted octanol–water partition coefficient (Wildman–Crippen LogP) is 3.22. The van der Waals surface area contributed by atoms with Crippen molar-refractivity contribution in [1.29, 1.82) is 0 Å². The number of hydrogen-bond donors (Lipinski definition) is 1. The van der Waals surface area contributed by atoms with Crippen LogP contribution in [0.1, 0.15) is 37.0 Å². The van der Waals surface area contributed by atoms with Crippen LogP contribution >= 0.6 is 0 Å². The lowest BCUT2D eigenvalue weighted by atomic mass is 9.87. The fourth-order valence-corrected chi connectivity index (χ4v) is 2.14. The molecule has 1 aromatic carbocycles. The van der Waals surface area contributed by atoms with Gasteiger partial charge in [0.05, 0.1) is 0 Å². The van der Waals surface area contributed by atoms with Crippen LogP contribution in [0.2, 0.25) is 0 Å². The molecule has 0 aromatic heterocycles. The Morgan fingerprint density at radius 1 is 1.20 bits per heavy atom. The lowest BCUT2D eigenvalue weighted by Crippen LogP contribution is -2.28. The standard InChI is InChI=1S/C14H23N/c1-5-13(12(4)15)9-14-10(2)7-6-8-11(14)3/h6-8,12-13H,5,9,15H2,1-4H3. The molecule has 0 radical (unpaired) electrons. The third-order valence-electron chi connectivity index (χ3n) is 3.38. The van der Waals surface area contributed by atoms with Gasteiger partial charge in [-0.2, -0.15) is 0 Å². The van der Waals surface area contributed by atoms with E-state index in [9.17, 15) is 0 Å². The first-order valence-corrected chi connectivity index (χ1v) is 5.87. The van der Waals surface area contributed by atoms with E-state index in [1.165, 1.54) is 16.7 Å². The Kier molecular flexibility index (Phi) is 4.34. The summed E-state index contributed by atoms with van der Waals surface area (Å²) in [6.45, 7) is 8.72. The van der Waals surface area contributed by atoms with Crippen molar-refractivity contribution in [2.24, 2.45) is 11.7 Å². The van der Waals surface area contributed by atoms with E-state index in [0.29, 0.717) is 5.92 Å². The van der Waals surface area contributed by atoms with Crippen LogP contribution in [0.4, 0.5) is 0 Å². The summed E-state index contributed by atoms with van der Waals surface area (Å²) in [4.78, 5) is 0. The van der Waals surface area contributed by atoms with E-state index < -0.39 is 0 Å². The fourth-order valence-electron chi connectivity index (χ4n) is 2.14. The number of nitrogens with two attached hydrogens (primary N) is 1. The maximum atomic E-state index is 6.00. The van der Waals surface area contributed by atoms with Crippen molar-refractivity contribution in [1.82, 2.24) is 0 Å². The Hall–Kier alpha value is -0.820. The van der Waals surface area contributed by atoms with Gasteiger partial charge in [0, 0.05) is 6.04 Å². The molecule has 1 rings (SSSR count). The molecule has 0 amide bonds. The SMILES string of the molecule is CCC(Cc1c(C)cccc1C)C(C)N. The van der Waals surface area contributed by atoms with Crippen LogP contribution < -0.4 is 5.73 Å². The van der Waals surface area contributed by atoms with E-state index in [-0.39, 0.29) is 6.04 Å². The predicted molar refractivity (Wildman–Crippen MR) is 67.1 cm³/mol. The van der Waals surface area contributed by atoms with Crippen LogP contribution in [-0.4, -0.2) is 6.04 Å². The first-order valence-electron chi connectivity index (χ1n) is 5.87. The summed E-state index contributed by atoms with van der Waals surface area (Å²) in [6.07, 6.45) is 2.28. The molecular formula is C14H23N. The van der Waals surface area contributed by atoms with Crippen molar-refractivity contribution in [3.05, 3.63) is 34.9 Å². The maximum Gasteiger partial charge on any atom is 0.00418 e. The molecular weight excluding hydrogens is 182 g/mol. The minimum absolute atomic E-state index is 0.286. The summed E-state index contributed by atoms with van der Waals surface area (Å²) in [7, 11) is 0. The van der Waals surface area contributed by atoms with E-state index in [0.717, 1.165) is 12.8 Å². The van der Waals surface area contributed by atoms with E-state index in [2.05, 4.69) is 45.9 Å². The Bertz CT molecular complexity index is 295. The summed E-state index contributed by atoms with van der Waals surface area (Å²) in [6, 6.07) is 6.79. The molecule has 0 saturated carbocycles. The molecule has 0 spiro atoms. The zero-order valence-electron chi connectivity index (χ0n) is 10.4. The van der Waals surface area contributed by atoms with Crippen LogP contribution in [0.5, 0.6) is 0 Å². The highest BCUT2D eigenvalue weighted by atomic mass is 14.6. The van der Waals surface area contributed by atoms with Crippen molar-refractivity contribution in [3.63, 3.8) is 0 Å². The van der Waals surface area contributed by atoms with Crippen LogP contribution in [-0.2, 0) is 6.42 Å². The molecule has 1 heteroatoms. The number of hydrogen-bond acceptors (Lipinski definition) is 1. The van der Waals surface area contributed by atoms with Crippen molar-refractivity contribution in [2.45, 2.75) is 46.6 Å².